The molecule has 1 aliphatic heterocycles. The van der Waals surface area contributed by atoms with Crippen molar-refractivity contribution in [2.24, 2.45) is 0 Å². The van der Waals surface area contributed by atoms with Crippen molar-refractivity contribution >= 4 is 0 Å². The number of nitrogens with one attached hydrogen (secondary N) is 1. The summed E-state index contributed by atoms with van der Waals surface area (Å²) in [4.78, 5) is 0. The molecule has 3 aromatic rings. The van der Waals surface area contributed by atoms with Crippen molar-refractivity contribution in [3.63, 3.8) is 0 Å². The number of nitrogens with zero attached hydrogens (tertiary/aromatic N) is 2. The van der Waals surface area contributed by atoms with Crippen LogP contribution in [-0.2, 0) is 6.54 Å². The molecule has 140 valence electrons. The Kier molecular flexibility index (Phi) is 5.12. The molecule has 5 nitrogen and oxygen atoms in total. The molecule has 1 N–H and O–H groups in total. The van der Waals surface area contributed by atoms with E-state index in [1.165, 1.54) is 0 Å². The van der Waals surface area contributed by atoms with Gasteiger partial charge in [-0.1, -0.05) is 25.1 Å². The van der Waals surface area contributed by atoms with Crippen molar-refractivity contribution in [3.05, 3.63) is 60.3 Å². The maximum absolute atomic E-state index is 5.76. The van der Waals surface area contributed by atoms with E-state index in [0.29, 0.717) is 19.3 Å². The lowest BCUT2D eigenvalue weighted by atomic mass is 10.1. The van der Waals surface area contributed by atoms with Gasteiger partial charge in [0.2, 0.25) is 0 Å². The zero-order valence-electron chi connectivity index (χ0n) is 15.8. The number of benzene rings is 2. The minimum Gasteiger partial charge on any atom is -0.486 e. The zero-order valence-corrected chi connectivity index (χ0v) is 15.8. The van der Waals surface area contributed by atoms with E-state index in [2.05, 4.69) is 43.6 Å². The van der Waals surface area contributed by atoms with Gasteiger partial charge in [0.05, 0.1) is 11.4 Å². The first-order chi connectivity index (χ1) is 13.2. The normalized spacial score (nSPS) is 14.1. The average molecular weight is 363 g/mol. The van der Waals surface area contributed by atoms with Gasteiger partial charge in [-0.25, -0.2) is 4.68 Å². The van der Waals surface area contributed by atoms with Crippen molar-refractivity contribution in [3.8, 4) is 28.4 Å². The Morgan fingerprint density at radius 1 is 1.07 bits per heavy atom. The van der Waals surface area contributed by atoms with Gasteiger partial charge in [0.15, 0.2) is 11.5 Å². The largest absolute Gasteiger partial charge is 0.486 e. The number of para-hydroxylation sites is 1. The summed E-state index contributed by atoms with van der Waals surface area (Å²) in [7, 11) is 0. The van der Waals surface area contributed by atoms with E-state index in [-0.39, 0.29) is 0 Å². The first-order valence-electron chi connectivity index (χ1n) is 9.52. The standard InChI is InChI=1S/C22H25N3O2/c1-3-16(2)23-14-18-15-25(19-7-5-4-6-8-19)24-22(18)17-9-10-20-21(13-17)27-12-11-26-20/h4-10,13,15-16,23H,3,11-12,14H2,1-2H3/t16-/m0/s1. The lowest BCUT2D eigenvalue weighted by Gasteiger charge is -2.18. The number of ether oxygens (including phenoxy) is 2. The van der Waals surface area contributed by atoms with E-state index in [0.717, 1.165) is 47.0 Å². The lowest BCUT2D eigenvalue weighted by Crippen LogP contribution is -2.24. The highest BCUT2D eigenvalue weighted by atomic mass is 16.6. The quantitative estimate of drug-likeness (QED) is 0.713. The molecule has 2 heterocycles. The molecule has 5 heteroatoms. The molecule has 2 aromatic carbocycles. The van der Waals surface area contributed by atoms with Crippen molar-refractivity contribution < 1.29 is 9.47 Å². The van der Waals surface area contributed by atoms with Crippen molar-refractivity contribution in [2.75, 3.05) is 13.2 Å². The lowest BCUT2D eigenvalue weighted by molar-refractivity contribution is 0.171. The Morgan fingerprint density at radius 2 is 1.85 bits per heavy atom. The molecule has 0 saturated carbocycles. The van der Waals surface area contributed by atoms with Gasteiger partial charge in [0.1, 0.15) is 13.2 Å². The molecule has 0 bridgehead atoms. The average Bonchev–Trinajstić information content (AvgIpc) is 3.16. The maximum atomic E-state index is 5.76. The molecule has 1 aliphatic rings. The molecular formula is C22H25N3O2. The summed E-state index contributed by atoms with van der Waals surface area (Å²) in [5.41, 5.74) is 4.21. The Hall–Kier alpha value is -2.79. The van der Waals surface area contributed by atoms with E-state index in [1.54, 1.807) is 0 Å². The fraction of sp³-hybridized carbons (Fsp3) is 0.318. The third-order valence-corrected chi connectivity index (χ3v) is 4.88. The molecule has 4 rings (SSSR count). The van der Waals surface area contributed by atoms with Crippen LogP contribution in [0.2, 0.25) is 0 Å². The molecule has 0 fully saturated rings. The van der Waals surface area contributed by atoms with Gasteiger partial charge in [-0.15, -0.1) is 0 Å². The molecule has 0 saturated heterocycles. The zero-order chi connectivity index (χ0) is 18.6. The van der Waals surface area contributed by atoms with Crippen LogP contribution in [0.5, 0.6) is 11.5 Å². The van der Waals surface area contributed by atoms with Crippen LogP contribution >= 0.6 is 0 Å². The summed E-state index contributed by atoms with van der Waals surface area (Å²) in [5, 5.41) is 8.46. The summed E-state index contributed by atoms with van der Waals surface area (Å²) in [6, 6.07) is 16.7. The number of aromatic nitrogens is 2. The number of fused-ring (bicyclic) bond motifs is 1. The van der Waals surface area contributed by atoms with E-state index in [4.69, 9.17) is 14.6 Å². The minimum absolute atomic E-state index is 0.457. The van der Waals surface area contributed by atoms with Crippen LogP contribution in [0.25, 0.3) is 16.9 Å². The van der Waals surface area contributed by atoms with Gasteiger partial charge >= 0.3 is 0 Å². The number of hydrogen-bond acceptors (Lipinski definition) is 4. The second kappa shape index (κ2) is 7.84. The SMILES string of the molecule is CC[C@H](C)NCc1cn(-c2ccccc2)nc1-c1ccc2c(c1)OCCO2. The van der Waals surface area contributed by atoms with Gasteiger partial charge < -0.3 is 14.8 Å². The van der Waals surface area contributed by atoms with E-state index in [9.17, 15) is 0 Å². The summed E-state index contributed by atoms with van der Waals surface area (Å²) >= 11 is 0. The molecule has 1 aromatic heterocycles. The molecular weight excluding hydrogens is 338 g/mol. The summed E-state index contributed by atoms with van der Waals surface area (Å²) in [6.07, 6.45) is 3.20. The topological polar surface area (TPSA) is 48.3 Å². The fourth-order valence-corrected chi connectivity index (χ4v) is 3.11. The minimum atomic E-state index is 0.457. The van der Waals surface area contributed by atoms with Crippen molar-refractivity contribution in [1.82, 2.24) is 15.1 Å². The summed E-state index contributed by atoms with van der Waals surface area (Å²) < 4.78 is 13.4. The fourth-order valence-electron chi connectivity index (χ4n) is 3.11. The highest BCUT2D eigenvalue weighted by molar-refractivity contribution is 5.67. The van der Waals surface area contributed by atoms with Crippen LogP contribution in [0.3, 0.4) is 0 Å². The Balaban J connectivity index is 1.72. The number of hydrogen-bond donors (Lipinski definition) is 1. The maximum Gasteiger partial charge on any atom is 0.162 e. The van der Waals surface area contributed by atoms with Crippen LogP contribution in [-0.4, -0.2) is 29.0 Å². The second-order valence-electron chi connectivity index (χ2n) is 6.83. The Morgan fingerprint density at radius 3 is 2.63 bits per heavy atom. The van der Waals surface area contributed by atoms with Crippen LogP contribution in [0.4, 0.5) is 0 Å². The van der Waals surface area contributed by atoms with Crippen LogP contribution in [0.15, 0.2) is 54.7 Å². The predicted octanol–water partition coefficient (Wildman–Crippen LogP) is 4.20. The Bertz CT molecular complexity index is 905. The smallest absolute Gasteiger partial charge is 0.162 e. The van der Waals surface area contributed by atoms with Crippen LogP contribution in [0, 0.1) is 0 Å². The molecule has 0 amide bonds. The van der Waals surface area contributed by atoms with Gasteiger partial charge in [-0.2, -0.15) is 5.10 Å². The third-order valence-electron chi connectivity index (χ3n) is 4.88. The molecule has 0 spiro atoms. The molecule has 0 aliphatic carbocycles. The van der Waals surface area contributed by atoms with Gasteiger partial charge in [-0.3, -0.25) is 0 Å². The first-order valence-corrected chi connectivity index (χ1v) is 9.52. The second-order valence-corrected chi connectivity index (χ2v) is 6.83. The number of rotatable bonds is 6. The molecule has 27 heavy (non-hydrogen) atoms. The molecule has 0 unspecified atom stereocenters. The summed E-state index contributed by atoms with van der Waals surface area (Å²) in [6.45, 7) is 6.33. The van der Waals surface area contributed by atoms with Gasteiger partial charge in [0, 0.05) is 29.9 Å². The Labute approximate surface area is 159 Å². The van der Waals surface area contributed by atoms with Gasteiger partial charge in [-0.05, 0) is 43.7 Å². The van der Waals surface area contributed by atoms with Crippen molar-refractivity contribution in [1.29, 1.82) is 0 Å². The molecule has 1 atom stereocenters. The van der Waals surface area contributed by atoms with E-state index < -0.39 is 0 Å². The predicted molar refractivity (Wildman–Crippen MR) is 107 cm³/mol. The highest BCUT2D eigenvalue weighted by Crippen LogP contribution is 2.35. The first kappa shape index (κ1) is 17.6. The monoisotopic (exact) mass is 363 g/mol. The highest BCUT2D eigenvalue weighted by Gasteiger charge is 2.17. The van der Waals surface area contributed by atoms with Crippen molar-refractivity contribution in [2.45, 2.75) is 32.9 Å². The van der Waals surface area contributed by atoms with Crippen LogP contribution in [0.1, 0.15) is 25.8 Å². The van der Waals surface area contributed by atoms with E-state index >= 15 is 0 Å². The summed E-state index contributed by atoms with van der Waals surface area (Å²) in [5.74, 6) is 1.58. The van der Waals surface area contributed by atoms with Crippen LogP contribution < -0.4 is 14.8 Å². The third kappa shape index (κ3) is 3.83. The van der Waals surface area contributed by atoms with E-state index in [1.807, 2.05) is 35.0 Å². The van der Waals surface area contributed by atoms with Gasteiger partial charge in [0.25, 0.3) is 0 Å². The molecule has 0 radical (unpaired) electrons.